The summed E-state index contributed by atoms with van der Waals surface area (Å²) < 4.78 is 0. The Bertz CT molecular complexity index is 466. The van der Waals surface area contributed by atoms with Crippen LogP contribution >= 0.6 is 11.6 Å². The van der Waals surface area contributed by atoms with Crippen LogP contribution in [0.3, 0.4) is 0 Å². The molecule has 0 spiro atoms. The third kappa shape index (κ3) is 3.36. The number of pyridine rings is 1. The van der Waals surface area contributed by atoms with Crippen LogP contribution in [0.2, 0.25) is 5.02 Å². The molecule has 0 atom stereocenters. The second-order valence-corrected chi connectivity index (χ2v) is 5.16. The van der Waals surface area contributed by atoms with Crippen LogP contribution < -0.4 is 5.32 Å². The van der Waals surface area contributed by atoms with Gasteiger partial charge in [0.1, 0.15) is 5.82 Å². The molecule has 1 aliphatic heterocycles. The highest BCUT2D eigenvalue weighted by Crippen LogP contribution is 2.20. The molecule has 0 bridgehead atoms. The van der Waals surface area contributed by atoms with Crippen molar-refractivity contribution in [3.8, 4) is 0 Å². The molecule has 1 aliphatic rings. The highest BCUT2D eigenvalue weighted by atomic mass is 35.5. The fourth-order valence-corrected chi connectivity index (χ4v) is 2.34. The number of carbonyl (C=O) groups is 1. The maximum atomic E-state index is 12.5. The van der Waals surface area contributed by atoms with Crippen LogP contribution in [-0.2, 0) is 0 Å². The Hall–Kier alpha value is -1.33. The van der Waals surface area contributed by atoms with Gasteiger partial charge in [-0.2, -0.15) is 0 Å². The molecule has 1 saturated heterocycles. The largest absolute Gasteiger partial charge is 0.373 e. The molecule has 6 heteroatoms. The minimum Gasteiger partial charge on any atom is -0.373 e. The lowest BCUT2D eigenvalue weighted by Crippen LogP contribution is -2.34. The third-order valence-corrected chi connectivity index (χ3v) is 3.65. The summed E-state index contributed by atoms with van der Waals surface area (Å²) in [6, 6.07) is 1.71. The van der Waals surface area contributed by atoms with Crippen molar-refractivity contribution in [2.75, 3.05) is 45.6 Å². The molecule has 1 fully saturated rings. The maximum Gasteiger partial charge on any atom is 0.255 e. The zero-order valence-corrected chi connectivity index (χ0v) is 12.1. The summed E-state index contributed by atoms with van der Waals surface area (Å²) >= 11 is 6.09. The molecule has 19 heavy (non-hydrogen) atoms. The lowest BCUT2D eigenvalue weighted by molar-refractivity contribution is 0.0763. The van der Waals surface area contributed by atoms with Crippen molar-refractivity contribution in [1.82, 2.24) is 14.8 Å². The van der Waals surface area contributed by atoms with Gasteiger partial charge in [-0.15, -0.1) is 0 Å². The predicted octanol–water partition coefficient (Wildman–Crippen LogP) is 1.55. The molecule has 1 aromatic rings. The number of halogens is 1. The quantitative estimate of drug-likeness (QED) is 0.894. The van der Waals surface area contributed by atoms with Gasteiger partial charge < -0.3 is 15.1 Å². The Morgan fingerprint density at radius 1 is 1.37 bits per heavy atom. The number of hydrogen-bond acceptors (Lipinski definition) is 4. The Balaban J connectivity index is 2.18. The fourth-order valence-electron chi connectivity index (χ4n) is 2.16. The predicted molar refractivity (Wildman–Crippen MR) is 76.8 cm³/mol. The molecule has 2 heterocycles. The molecule has 0 radical (unpaired) electrons. The number of nitrogens with one attached hydrogen (secondary N) is 1. The van der Waals surface area contributed by atoms with E-state index in [0.717, 1.165) is 32.6 Å². The molecule has 104 valence electrons. The van der Waals surface area contributed by atoms with Gasteiger partial charge in [0.05, 0.1) is 10.6 Å². The molecular weight excluding hydrogens is 264 g/mol. The number of likely N-dealkylation sites (N-methyl/N-ethyl adjacent to an activating group) is 1. The summed E-state index contributed by atoms with van der Waals surface area (Å²) in [5.41, 5.74) is 0.519. The molecule has 1 aromatic heterocycles. The van der Waals surface area contributed by atoms with E-state index in [0.29, 0.717) is 16.4 Å². The number of aromatic nitrogens is 1. The molecule has 0 saturated carbocycles. The highest BCUT2D eigenvalue weighted by molar-refractivity contribution is 6.33. The van der Waals surface area contributed by atoms with Crippen LogP contribution in [0.1, 0.15) is 16.8 Å². The summed E-state index contributed by atoms with van der Waals surface area (Å²) in [5, 5.41) is 3.33. The molecular formula is C13H19ClN4O. The number of nitrogens with zero attached hydrogens (tertiary/aromatic N) is 3. The maximum absolute atomic E-state index is 12.5. The van der Waals surface area contributed by atoms with Gasteiger partial charge in [-0.25, -0.2) is 4.98 Å². The first kappa shape index (κ1) is 14.1. The average molecular weight is 283 g/mol. The monoisotopic (exact) mass is 282 g/mol. The number of rotatable bonds is 2. The summed E-state index contributed by atoms with van der Waals surface area (Å²) in [4.78, 5) is 20.7. The second kappa shape index (κ2) is 6.21. The first-order chi connectivity index (χ1) is 9.11. The Labute approximate surface area is 118 Å². The number of amides is 1. The van der Waals surface area contributed by atoms with Gasteiger partial charge in [-0.1, -0.05) is 11.6 Å². The smallest absolute Gasteiger partial charge is 0.255 e. The Morgan fingerprint density at radius 3 is 2.89 bits per heavy atom. The highest BCUT2D eigenvalue weighted by Gasteiger charge is 2.21. The topological polar surface area (TPSA) is 48.5 Å². The minimum atomic E-state index is -0.0146. The number of carbonyl (C=O) groups excluding carboxylic acids is 1. The van der Waals surface area contributed by atoms with Gasteiger partial charge in [0.2, 0.25) is 0 Å². The standard InChI is InChI=1S/C13H19ClN4O/c1-15-12-8-10(11(14)9-16-12)13(19)18-5-3-4-17(2)6-7-18/h8-9H,3-7H2,1-2H3,(H,15,16). The zero-order chi connectivity index (χ0) is 13.8. The van der Waals surface area contributed by atoms with Gasteiger partial charge in [0.25, 0.3) is 5.91 Å². The number of hydrogen-bond donors (Lipinski definition) is 1. The van der Waals surface area contributed by atoms with Gasteiger partial charge >= 0.3 is 0 Å². The van der Waals surface area contributed by atoms with Crippen molar-refractivity contribution in [3.05, 3.63) is 22.8 Å². The second-order valence-electron chi connectivity index (χ2n) is 4.75. The Kier molecular flexibility index (Phi) is 4.61. The normalized spacial score (nSPS) is 17.1. The SMILES string of the molecule is CNc1cc(C(=O)N2CCCN(C)CC2)c(Cl)cn1. The van der Waals surface area contributed by atoms with Crippen molar-refractivity contribution in [2.24, 2.45) is 0 Å². The van der Waals surface area contributed by atoms with Crippen molar-refractivity contribution < 1.29 is 4.79 Å². The van der Waals surface area contributed by atoms with Crippen molar-refractivity contribution in [3.63, 3.8) is 0 Å². The third-order valence-electron chi connectivity index (χ3n) is 3.35. The van der Waals surface area contributed by atoms with Gasteiger partial charge in [-0.05, 0) is 26.1 Å². The van der Waals surface area contributed by atoms with E-state index >= 15 is 0 Å². The summed E-state index contributed by atoms with van der Waals surface area (Å²) in [6.45, 7) is 3.43. The minimum absolute atomic E-state index is 0.0146. The van der Waals surface area contributed by atoms with Gasteiger partial charge in [-0.3, -0.25) is 4.79 Å². The van der Waals surface area contributed by atoms with E-state index in [2.05, 4.69) is 22.2 Å². The van der Waals surface area contributed by atoms with Crippen LogP contribution in [0.15, 0.2) is 12.3 Å². The van der Waals surface area contributed by atoms with Crippen LogP contribution in [0, 0.1) is 0 Å². The molecule has 0 aliphatic carbocycles. The van der Waals surface area contributed by atoms with Crippen molar-refractivity contribution in [1.29, 1.82) is 0 Å². The van der Waals surface area contributed by atoms with E-state index in [1.54, 1.807) is 13.1 Å². The van der Waals surface area contributed by atoms with Gasteiger partial charge in [0, 0.05) is 32.9 Å². The van der Waals surface area contributed by atoms with E-state index < -0.39 is 0 Å². The lowest BCUT2D eigenvalue weighted by Gasteiger charge is -2.21. The van der Waals surface area contributed by atoms with Crippen molar-refractivity contribution in [2.45, 2.75) is 6.42 Å². The first-order valence-electron chi connectivity index (χ1n) is 6.43. The summed E-state index contributed by atoms with van der Waals surface area (Å²) in [6.07, 6.45) is 2.51. The van der Waals surface area contributed by atoms with Crippen molar-refractivity contribution >= 4 is 23.3 Å². The summed E-state index contributed by atoms with van der Waals surface area (Å²) in [7, 11) is 3.85. The fraction of sp³-hybridized carbons (Fsp3) is 0.538. The van der Waals surface area contributed by atoms with E-state index in [1.165, 1.54) is 6.20 Å². The van der Waals surface area contributed by atoms with Crippen LogP contribution in [0.4, 0.5) is 5.82 Å². The molecule has 2 rings (SSSR count). The number of anilines is 1. The molecule has 1 amide bonds. The molecule has 5 nitrogen and oxygen atoms in total. The molecule has 1 N–H and O–H groups in total. The first-order valence-corrected chi connectivity index (χ1v) is 6.80. The lowest BCUT2D eigenvalue weighted by atomic mass is 10.2. The van der Waals surface area contributed by atoms with E-state index in [9.17, 15) is 4.79 Å². The summed E-state index contributed by atoms with van der Waals surface area (Å²) in [5.74, 6) is 0.638. The van der Waals surface area contributed by atoms with Gasteiger partial charge in [0.15, 0.2) is 0 Å². The molecule has 0 aromatic carbocycles. The van der Waals surface area contributed by atoms with Crippen LogP contribution in [0.25, 0.3) is 0 Å². The zero-order valence-electron chi connectivity index (χ0n) is 11.3. The Morgan fingerprint density at radius 2 is 2.16 bits per heavy atom. The van der Waals surface area contributed by atoms with Crippen LogP contribution in [-0.4, -0.2) is 61.0 Å². The van der Waals surface area contributed by atoms with E-state index in [4.69, 9.17) is 11.6 Å². The van der Waals surface area contributed by atoms with E-state index in [1.807, 2.05) is 4.90 Å². The molecule has 0 unspecified atom stereocenters. The average Bonchev–Trinajstić information content (AvgIpc) is 2.63. The van der Waals surface area contributed by atoms with Crippen LogP contribution in [0.5, 0.6) is 0 Å². The van der Waals surface area contributed by atoms with E-state index in [-0.39, 0.29) is 5.91 Å².